The van der Waals surface area contributed by atoms with Gasteiger partial charge in [-0.1, -0.05) is 13.8 Å². The van der Waals surface area contributed by atoms with Crippen LogP contribution in [0.3, 0.4) is 0 Å². The minimum absolute atomic E-state index is 0.612. The van der Waals surface area contributed by atoms with E-state index in [-0.39, 0.29) is 0 Å². The van der Waals surface area contributed by atoms with Crippen LogP contribution in [-0.2, 0) is 4.74 Å². The Morgan fingerprint density at radius 3 is 2.93 bits per heavy atom. The zero-order chi connectivity index (χ0) is 9.97. The maximum Gasteiger partial charge on any atom is 0.0607 e. The van der Waals surface area contributed by atoms with Crippen LogP contribution in [0.1, 0.15) is 33.1 Å². The van der Waals surface area contributed by atoms with Crippen molar-refractivity contribution < 1.29 is 4.74 Å². The molecule has 2 rings (SSSR count). The standard InChI is InChI=1S/C12H23NO/c1-9(2)7-13-8-10-6-11(10)12-4-3-5-14-12/h9-13H,3-8H2,1-2H3. The third kappa shape index (κ3) is 2.71. The molecular formula is C12H23NO. The van der Waals surface area contributed by atoms with Crippen LogP contribution in [0.2, 0.25) is 0 Å². The van der Waals surface area contributed by atoms with Crippen molar-refractivity contribution in [3.8, 4) is 0 Å². The molecule has 82 valence electrons. The molecule has 0 amide bonds. The largest absolute Gasteiger partial charge is 0.378 e. The van der Waals surface area contributed by atoms with Gasteiger partial charge in [-0.3, -0.25) is 0 Å². The number of nitrogens with one attached hydrogen (secondary N) is 1. The van der Waals surface area contributed by atoms with Gasteiger partial charge in [-0.25, -0.2) is 0 Å². The van der Waals surface area contributed by atoms with E-state index in [4.69, 9.17) is 4.74 Å². The van der Waals surface area contributed by atoms with Crippen molar-refractivity contribution in [2.24, 2.45) is 17.8 Å². The molecule has 3 atom stereocenters. The Hall–Kier alpha value is -0.0800. The van der Waals surface area contributed by atoms with E-state index < -0.39 is 0 Å². The van der Waals surface area contributed by atoms with E-state index in [0.29, 0.717) is 6.10 Å². The summed E-state index contributed by atoms with van der Waals surface area (Å²) in [5.41, 5.74) is 0. The van der Waals surface area contributed by atoms with Crippen LogP contribution in [-0.4, -0.2) is 25.8 Å². The van der Waals surface area contributed by atoms with E-state index in [0.717, 1.165) is 30.9 Å². The zero-order valence-electron chi connectivity index (χ0n) is 9.46. The van der Waals surface area contributed by atoms with Crippen molar-refractivity contribution in [1.29, 1.82) is 0 Å². The quantitative estimate of drug-likeness (QED) is 0.728. The molecule has 0 radical (unpaired) electrons. The van der Waals surface area contributed by atoms with E-state index in [1.54, 1.807) is 0 Å². The summed E-state index contributed by atoms with van der Waals surface area (Å²) >= 11 is 0. The molecule has 1 saturated heterocycles. The molecule has 1 heterocycles. The summed E-state index contributed by atoms with van der Waals surface area (Å²) in [4.78, 5) is 0. The van der Waals surface area contributed by atoms with Crippen LogP contribution >= 0.6 is 0 Å². The minimum Gasteiger partial charge on any atom is -0.378 e. The Balaban J connectivity index is 1.57. The Kier molecular flexibility index (Phi) is 3.45. The van der Waals surface area contributed by atoms with Crippen molar-refractivity contribution in [3.05, 3.63) is 0 Å². The summed E-state index contributed by atoms with van der Waals surface area (Å²) in [6.07, 6.45) is 4.61. The highest BCUT2D eigenvalue weighted by Crippen LogP contribution is 2.44. The molecular weight excluding hydrogens is 174 g/mol. The first-order valence-corrected chi connectivity index (χ1v) is 6.09. The fourth-order valence-corrected chi connectivity index (χ4v) is 2.46. The normalized spacial score (nSPS) is 36.6. The molecule has 2 heteroatoms. The SMILES string of the molecule is CC(C)CNCC1CC1C1CCCO1. The summed E-state index contributed by atoms with van der Waals surface area (Å²) in [7, 11) is 0. The van der Waals surface area contributed by atoms with Crippen molar-refractivity contribution in [2.75, 3.05) is 19.7 Å². The average molecular weight is 197 g/mol. The summed E-state index contributed by atoms with van der Waals surface area (Å²) in [5, 5.41) is 3.54. The summed E-state index contributed by atoms with van der Waals surface area (Å²) in [5.74, 6) is 2.57. The van der Waals surface area contributed by atoms with Gasteiger partial charge in [0.25, 0.3) is 0 Å². The predicted molar refractivity (Wildman–Crippen MR) is 58.3 cm³/mol. The third-order valence-electron chi connectivity index (χ3n) is 3.38. The van der Waals surface area contributed by atoms with Gasteiger partial charge in [0, 0.05) is 6.61 Å². The molecule has 2 aliphatic rings. The Labute approximate surface area is 87.4 Å². The smallest absolute Gasteiger partial charge is 0.0607 e. The Bertz CT molecular complexity index is 175. The van der Waals surface area contributed by atoms with Gasteiger partial charge in [-0.2, -0.15) is 0 Å². The lowest BCUT2D eigenvalue weighted by Gasteiger charge is -2.10. The molecule has 1 N–H and O–H groups in total. The molecule has 3 unspecified atom stereocenters. The molecule has 0 aromatic heterocycles. The van der Waals surface area contributed by atoms with Gasteiger partial charge in [0.15, 0.2) is 0 Å². The van der Waals surface area contributed by atoms with E-state index in [1.807, 2.05) is 0 Å². The number of rotatable bonds is 5. The number of hydrogen-bond donors (Lipinski definition) is 1. The fourth-order valence-electron chi connectivity index (χ4n) is 2.46. The topological polar surface area (TPSA) is 21.3 Å². The number of ether oxygens (including phenoxy) is 1. The summed E-state index contributed by atoms with van der Waals surface area (Å²) < 4.78 is 5.71. The molecule has 0 aromatic rings. The monoisotopic (exact) mass is 197 g/mol. The highest BCUT2D eigenvalue weighted by molar-refractivity contribution is 4.94. The van der Waals surface area contributed by atoms with Gasteiger partial charge in [0.1, 0.15) is 0 Å². The van der Waals surface area contributed by atoms with Crippen molar-refractivity contribution in [1.82, 2.24) is 5.32 Å². The van der Waals surface area contributed by atoms with E-state index in [2.05, 4.69) is 19.2 Å². The predicted octanol–water partition coefficient (Wildman–Crippen LogP) is 2.05. The second-order valence-electron chi connectivity index (χ2n) is 5.26. The molecule has 2 fully saturated rings. The van der Waals surface area contributed by atoms with Crippen molar-refractivity contribution >= 4 is 0 Å². The zero-order valence-corrected chi connectivity index (χ0v) is 9.46. The Morgan fingerprint density at radius 2 is 2.29 bits per heavy atom. The van der Waals surface area contributed by atoms with Crippen molar-refractivity contribution in [2.45, 2.75) is 39.2 Å². The second-order valence-corrected chi connectivity index (χ2v) is 5.26. The highest BCUT2D eigenvalue weighted by atomic mass is 16.5. The summed E-state index contributed by atoms with van der Waals surface area (Å²) in [6.45, 7) is 7.90. The van der Waals surface area contributed by atoms with Crippen LogP contribution in [0.25, 0.3) is 0 Å². The number of hydrogen-bond acceptors (Lipinski definition) is 2. The third-order valence-corrected chi connectivity index (χ3v) is 3.38. The lowest BCUT2D eigenvalue weighted by atomic mass is 10.1. The molecule has 0 spiro atoms. The Morgan fingerprint density at radius 1 is 1.43 bits per heavy atom. The second kappa shape index (κ2) is 4.63. The molecule has 1 aliphatic carbocycles. The van der Waals surface area contributed by atoms with E-state index >= 15 is 0 Å². The lowest BCUT2D eigenvalue weighted by Crippen LogP contribution is -2.23. The highest BCUT2D eigenvalue weighted by Gasteiger charge is 2.43. The lowest BCUT2D eigenvalue weighted by molar-refractivity contribution is 0.0896. The van der Waals surface area contributed by atoms with E-state index in [9.17, 15) is 0 Å². The van der Waals surface area contributed by atoms with Crippen LogP contribution in [0.5, 0.6) is 0 Å². The maximum atomic E-state index is 5.71. The van der Waals surface area contributed by atoms with Gasteiger partial charge >= 0.3 is 0 Å². The molecule has 1 aliphatic heterocycles. The molecule has 0 aromatic carbocycles. The van der Waals surface area contributed by atoms with E-state index in [1.165, 1.54) is 25.8 Å². The van der Waals surface area contributed by atoms with Crippen molar-refractivity contribution in [3.63, 3.8) is 0 Å². The van der Waals surface area contributed by atoms with Gasteiger partial charge in [-0.15, -0.1) is 0 Å². The molecule has 0 bridgehead atoms. The van der Waals surface area contributed by atoms with Gasteiger partial charge in [0.2, 0.25) is 0 Å². The van der Waals surface area contributed by atoms with Crippen LogP contribution in [0.15, 0.2) is 0 Å². The first-order valence-electron chi connectivity index (χ1n) is 6.09. The fraction of sp³-hybridized carbons (Fsp3) is 1.00. The molecule has 2 nitrogen and oxygen atoms in total. The van der Waals surface area contributed by atoms with Gasteiger partial charge in [-0.05, 0) is 50.1 Å². The maximum absolute atomic E-state index is 5.71. The summed E-state index contributed by atoms with van der Waals surface area (Å²) in [6, 6.07) is 0. The van der Waals surface area contributed by atoms with Crippen LogP contribution in [0, 0.1) is 17.8 Å². The molecule has 14 heavy (non-hydrogen) atoms. The van der Waals surface area contributed by atoms with Crippen LogP contribution in [0.4, 0.5) is 0 Å². The van der Waals surface area contributed by atoms with Gasteiger partial charge in [0.05, 0.1) is 6.10 Å². The average Bonchev–Trinajstić information content (AvgIpc) is 2.72. The van der Waals surface area contributed by atoms with Gasteiger partial charge < -0.3 is 10.1 Å². The molecule has 1 saturated carbocycles. The first-order chi connectivity index (χ1) is 6.77. The first kappa shape index (κ1) is 10.4. The minimum atomic E-state index is 0.612. The van der Waals surface area contributed by atoms with Crippen LogP contribution < -0.4 is 5.32 Å².